The summed E-state index contributed by atoms with van der Waals surface area (Å²) in [4.78, 5) is 15.1. The number of aromatic hydroxyl groups is 1. The fourth-order valence-corrected chi connectivity index (χ4v) is 3.13. The Morgan fingerprint density at radius 3 is 2.56 bits per heavy atom. The summed E-state index contributed by atoms with van der Waals surface area (Å²) in [5, 5.41) is 9.34. The van der Waals surface area contributed by atoms with Gasteiger partial charge in [-0.15, -0.1) is 0 Å². The molecule has 0 heterocycles. The molecule has 0 atom stereocenters. The lowest BCUT2D eigenvalue weighted by Crippen LogP contribution is -2.20. The average Bonchev–Trinajstić information content (AvgIpc) is 2.79. The minimum absolute atomic E-state index is 0.282. The predicted molar refractivity (Wildman–Crippen MR) is 124 cm³/mol. The SMILES string of the molecule is COc1ccccc1-c1ccc(OCCN(C)C)c(C(=O)/C=C/c2ccc(O)c(F)c2)c1. The molecule has 0 spiro atoms. The fourth-order valence-electron chi connectivity index (χ4n) is 3.13. The largest absolute Gasteiger partial charge is 0.505 e. The molecule has 0 aliphatic heterocycles. The average molecular weight is 435 g/mol. The molecule has 0 radical (unpaired) electrons. The van der Waals surface area contributed by atoms with Crippen molar-refractivity contribution in [2.24, 2.45) is 0 Å². The van der Waals surface area contributed by atoms with Gasteiger partial charge in [0, 0.05) is 12.1 Å². The summed E-state index contributed by atoms with van der Waals surface area (Å²) in [7, 11) is 5.49. The molecule has 0 aliphatic carbocycles. The second kappa shape index (κ2) is 10.6. The van der Waals surface area contributed by atoms with E-state index in [1.54, 1.807) is 19.2 Å². The molecular formula is C26H26FNO4. The summed E-state index contributed by atoms with van der Waals surface area (Å²) >= 11 is 0. The summed E-state index contributed by atoms with van der Waals surface area (Å²) in [6, 6.07) is 16.9. The van der Waals surface area contributed by atoms with Gasteiger partial charge in [-0.1, -0.05) is 36.4 Å². The number of methoxy groups -OCH3 is 1. The molecule has 3 aromatic carbocycles. The van der Waals surface area contributed by atoms with E-state index in [2.05, 4.69) is 0 Å². The Hall–Kier alpha value is -3.64. The topological polar surface area (TPSA) is 59.0 Å². The van der Waals surface area contributed by atoms with E-state index >= 15 is 0 Å². The Labute approximate surface area is 187 Å². The van der Waals surface area contributed by atoms with E-state index in [9.17, 15) is 14.3 Å². The van der Waals surface area contributed by atoms with Crippen LogP contribution in [0.2, 0.25) is 0 Å². The minimum atomic E-state index is -0.745. The van der Waals surface area contributed by atoms with Gasteiger partial charge in [0.1, 0.15) is 18.1 Å². The lowest BCUT2D eigenvalue weighted by atomic mass is 9.99. The third-order valence-electron chi connectivity index (χ3n) is 4.86. The molecule has 166 valence electrons. The molecule has 0 unspecified atom stereocenters. The molecule has 3 rings (SSSR count). The smallest absolute Gasteiger partial charge is 0.189 e. The highest BCUT2D eigenvalue weighted by atomic mass is 19.1. The van der Waals surface area contributed by atoms with Crippen LogP contribution in [-0.4, -0.2) is 50.1 Å². The number of phenols is 1. The van der Waals surface area contributed by atoms with Crippen LogP contribution in [0.4, 0.5) is 4.39 Å². The molecule has 0 bridgehead atoms. The van der Waals surface area contributed by atoms with Gasteiger partial charge in [0.15, 0.2) is 17.3 Å². The zero-order valence-corrected chi connectivity index (χ0v) is 18.3. The van der Waals surface area contributed by atoms with E-state index in [-0.39, 0.29) is 5.78 Å². The monoisotopic (exact) mass is 435 g/mol. The van der Waals surface area contributed by atoms with E-state index in [0.29, 0.717) is 35.8 Å². The van der Waals surface area contributed by atoms with Crippen molar-refractivity contribution in [1.82, 2.24) is 4.90 Å². The van der Waals surface area contributed by atoms with E-state index in [4.69, 9.17) is 9.47 Å². The standard InChI is InChI=1S/C26H26FNO4/c1-28(2)14-15-32-26-13-10-19(20-6-4-5-7-25(20)31-3)17-21(26)23(29)11-8-18-9-12-24(30)22(27)16-18/h4-13,16-17,30H,14-15H2,1-3H3/b11-8+. The number of phenolic OH excluding ortho intramolecular Hbond substituents is 1. The summed E-state index contributed by atoms with van der Waals surface area (Å²) in [6.07, 6.45) is 2.87. The van der Waals surface area contributed by atoms with Crippen LogP contribution in [0.3, 0.4) is 0 Å². The first-order valence-corrected chi connectivity index (χ1v) is 10.1. The molecule has 0 aliphatic rings. The Morgan fingerprint density at radius 2 is 1.84 bits per heavy atom. The van der Waals surface area contributed by atoms with Crippen LogP contribution in [0.5, 0.6) is 17.2 Å². The van der Waals surface area contributed by atoms with Crippen LogP contribution in [0.25, 0.3) is 17.2 Å². The van der Waals surface area contributed by atoms with Crippen LogP contribution in [0.1, 0.15) is 15.9 Å². The number of rotatable bonds is 9. The number of ketones is 1. The van der Waals surface area contributed by atoms with E-state index in [1.165, 1.54) is 30.4 Å². The van der Waals surface area contributed by atoms with Gasteiger partial charge in [-0.25, -0.2) is 4.39 Å². The van der Waals surface area contributed by atoms with Gasteiger partial charge in [0.05, 0.1) is 12.7 Å². The van der Waals surface area contributed by atoms with Gasteiger partial charge in [0.25, 0.3) is 0 Å². The van der Waals surface area contributed by atoms with Gasteiger partial charge in [0.2, 0.25) is 0 Å². The number of carbonyl (C=O) groups is 1. The van der Waals surface area contributed by atoms with Gasteiger partial charge < -0.3 is 19.5 Å². The third-order valence-corrected chi connectivity index (χ3v) is 4.86. The predicted octanol–water partition coefficient (Wildman–Crippen LogP) is 5.04. The zero-order valence-electron chi connectivity index (χ0n) is 18.3. The summed E-state index contributed by atoms with van der Waals surface area (Å²) in [5.74, 6) is -0.297. The van der Waals surface area contributed by atoms with Crippen molar-refractivity contribution >= 4 is 11.9 Å². The molecule has 0 saturated carbocycles. The van der Waals surface area contributed by atoms with Crippen LogP contribution in [0, 0.1) is 5.82 Å². The number of nitrogens with zero attached hydrogens (tertiary/aromatic N) is 1. The van der Waals surface area contributed by atoms with Crippen molar-refractivity contribution in [1.29, 1.82) is 0 Å². The lowest BCUT2D eigenvalue weighted by Gasteiger charge is -2.15. The number of hydrogen-bond donors (Lipinski definition) is 1. The van der Waals surface area contributed by atoms with Crippen molar-refractivity contribution in [2.45, 2.75) is 0 Å². The number of ether oxygens (including phenoxy) is 2. The summed E-state index contributed by atoms with van der Waals surface area (Å²) < 4.78 is 24.9. The molecule has 32 heavy (non-hydrogen) atoms. The van der Waals surface area contributed by atoms with Gasteiger partial charge in [-0.3, -0.25) is 4.79 Å². The molecule has 1 N–H and O–H groups in total. The molecule has 6 heteroatoms. The van der Waals surface area contributed by atoms with Crippen molar-refractivity contribution in [2.75, 3.05) is 34.4 Å². The van der Waals surface area contributed by atoms with Crippen molar-refractivity contribution in [3.63, 3.8) is 0 Å². The Kier molecular flexibility index (Phi) is 7.63. The Bertz CT molecular complexity index is 1120. The van der Waals surface area contributed by atoms with Crippen LogP contribution in [-0.2, 0) is 0 Å². The number of allylic oxidation sites excluding steroid dienone is 1. The first-order chi connectivity index (χ1) is 15.4. The molecular weight excluding hydrogens is 409 g/mol. The highest BCUT2D eigenvalue weighted by Crippen LogP contribution is 2.33. The number of para-hydroxylation sites is 1. The van der Waals surface area contributed by atoms with Gasteiger partial charge >= 0.3 is 0 Å². The molecule has 3 aromatic rings. The second-order valence-corrected chi connectivity index (χ2v) is 7.47. The van der Waals surface area contributed by atoms with Crippen molar-refractivity contribution in [3.05, 3.63) is 83.7 Å². The molecule has 0 saturated heterocycles. The highest BCUT2D eigenvalue weighted by Gasteiger charge is 2.14. The third kappa shape index (κ3) is 5.74. The number of halogens is 1. The molecule has 0 fully saturated rings. The highest BCUT2D eigenvalue weighted by molar-refractivity contribution is 6.09. The number of benzene rings is 3. The Morgan fingerprint density at radius 1 is 1.06 bits per heavy atom. The maximum atomic E-state index is 13.6. The maximum Gasteiger partial charge on any atom is 0.189 e. The number of likely N-dealkylation sites (N-methyl/N-ethyl adjacent to an activating group) is 1. The van der Waals surface area contributed by atoms with E-state index < -0.39 is 11.6 Å². The minimum Gasteiger partial charge on any atom is -0.505 e. The summed E-state index contributed by atoms with van der Waals surface area (Å²) in [6.45, 7) is 1.12. The number of hydrogen-bond acceptors (Lipinski definition) is 5. The van der Waals surface area contributed by atoms with E-state index in [1.807, 2.05) is 49.3 Å². The molecule has 5 nitrogen and oxygen atoms in total. The van der Waals surface area contributed by atoms with Gasteiger partial charge in [-0.05, 0) is 61.6 Å². The van der Waals surface area contributed by atoms with Crippen molar-refractivity contribution < 1.29 is 23.8 Å². The normalized spacial score (nSPS) is 11.2. The van der Waals surface area contributed by atoms with Crippen LogP contribution >= 0.6 is 0 Å². The number of carbonyl (C=O) groups excluding carboxylic acids is 1. The molecule has 0 aromatic heterocycles. The zero-order chi connectivity index (χ0) is 23.1. The first-order valence-electron chi connectivity index (χ1n) is 10.1. The quantitative estimate of drug-likeness (QED) is 0.377. The fraction of sp³-hybridized carbons (Fsp3) is 0.192. The van der Waals surface area contributed by atoms with E-state index in [0.717, 1.165) is 11.1 Å². The van der Waals surface area contributed by atoms with Crippen LogP contribution in [0.15, 0.2) is 66.7 Å². The summed E-state index contributed by atoms with van der Waals surface area (Å²) in [5.41, 5.74) is 2.52. The lowest BCUT2D eigenvalue weighted by molar-refractivity contribution is 0.104. The van der Waals surface area contributed by atoms with Crippen molar-refractivity contribution in [3.8, 4) is 28.4 Å². The second-order valence-electron chi connectivity index (χ2n) is 7.47. The molecule has 0 amide bonds. The van der Waals surface area contributed by atoms with Crippen LogP contribution < -0.4 is 9.47 Å². The van der Waals surface area contributed by atoms with Gasteiger partial charge in [-0.2, -0.15) is 0 Å². The first kappa shape index (κ1) is 23.0. The maximum absolute atomic E-state index is 13.6. The Balaban J connectivity index is 1.96.